The third-order valence-electron chi connectivity index (χ3n) is 2.63. The molecule has 0 bridgehead atoms. The van der Waals surface area contributed by atoms with Gasteiger partial charge in [0.2, 0.25) is 0 Å². The summed E-state index contributed by atoms with van der Waals surface area (Å²) in [5.74, 6) is 1.10. The Morgan fingerprint density at radius 3 is 2.88 bits per heavy atom. The topological polar surface area (TPSA) is 57.8 Å². The van der Waals surface area contributed by atoms with Gasteiger partial charge in [0.05, 0.1) is 5.69 Å². The number of H-pyrrole nitrogens is 1. The molecule has 0 aliphatic carbocycles. The Morgan fingerprint density at radius 1 is 1.50 bits per heavy atom. The molecule has 1 aromatic rings. The molecule has 0 aromatic carbocycles. The second kappa shape index (κ2) is 6.43. The molecule has 1 unspecified atom stereocenters. The first-order chi connectivity index (χ1) is 7.67. The highest BCUT2D eigenvalue weighted by Gasteiger charge is 2.07. The van der Waals surface area contributed by atoms with Crippen LogP contribution >= 0.6 is 0 Å². The Labute approximate surface area is 96.5 Å². The molecule has 1 heterocycles. The minimum absolute atomic E-state index is 0.0569. The van der Waals surface area contributed by atoms with Crippen LogP contribution in [0.1, 0.15) is 51.0 Å². The van der Waals surface area contributed by atoms with Gasteiger partial charge in [-0.1, -0.05) is 20.8 Å². The van der Waals surface area contributed by atoms with Crippen molar-refractivity contribution < 1.29 is 0 Å². The lowest BCUT2D eigenvalue weighted by molar-refractivity contribution is 0.633. The van der Waals surface area contributed by atoms with Crippen LogP contribution in [0.4, 0.5) is 0 Å². The molecule has 4 heteroatoms. The zero-order valence-electron chi connectivity index (χ0n) is 10.3. The summed E-state index contributed by atoms with van der Waals surface area (Å²) in [6.45, 7) is 7.89. The van der Waals surface area contributed by atoms with Gasteiger partial charge in [0.1, 0.15) is 5.82 Å². The number of rotatable bonds is 6. The van der Waals surface area contributed by atoms with Crippen molar-refractivity contribution in [3.63, 3.8) is 0 Å². The van der Waals surface area contributed by atoms with Crippen LogP contribution in [0.25, 0.3) is 0 Å². The van der Waals surface area contributed by atoms with Gasteiger partial charge in [-0.3, -0.25) is 4.79 Å². The van der Waals surface area contributed by atoms with E-state index in [2.05, 4.69) is 36.1 Å². The van der Waals surface area contributed by atoms with Crippen LogP contribution in [0.3, 0.4) is 0 Å². The molecular weight excluding hydrogens is 202 g/mol. The van der Waals surface area contributed by atoms with Gasteiger partial charge in [-0.2, -0.15) is 0 Å². The number of nitrogens with one attached hydrogen (secondary N) is 2. The molecule has 0 aliphatic heterocycles. The van der Waals surface area contributed by atoms with Crippen molar-refractivity contribution in [1.29, 1.82) is 0 Å². The van der Waals surface area contributed by atoms with Crippen LogP contribution in [0.15, 0.2) is 10.9 Å². The second-order valence-corrected chi connectivity index (χ2v) is 4.11. The second-order valence-electron chi connectivity index (χ2n) is 4.11. The number of aromatic nitrogens is 2. The number of hydrogen-bond acceptors (Lipinski definition) is 3. The number of hydrogen-bond donors (Lipinski definition) is 2. The molecule has 0 radical (unpaired) electrons. The van der Waals surface area contributed by atoms with Gasteiger partial charge < -0.3 is 10.3 Å². The summed E-state index contributed by atoms with van der Waals surface area (Å²) in [5.41, 5.74) is 0.770. The third-order valence-corrected chi connectivity index (χ3v) is 2.63. The summed E-state index contributed by atoms with van der Waals surface area (Å²) >= 11 is 0. The average molecular weight is 223 g/mol. The summed E-state index contributed by atoms with van der Waals surface area (Å²) in [7, 11) is 0. The predicted octanol–water partition coefficient (Wildman–Crippen LogP) is 1.78. The molecule has 2 N–H and O–H groups in total. The lowest BCUT2D eigenvalue weighted by Gasteiger charge is -2.09. The molecule has 90 valence electrons. The lowest BCUT2D eigenvalue weighted by atomic mass is 10.1. The average Bonchev–Trinajstić information content (AvgIpc) is 2.27. The first-order valence-electron chi connectivity index (χ1n) is 5.98. The summed E-state index contributed by atoms with van der Waals surface area (Å²) in [4.78, 5) is 18.7. The summed E-state index contributed by atoms with van der Waals surface area (Å²) in [6, 6.07) is 1.56. The predicted molar refractivity (Wildman–Crippen MR) is 65.6 cm³/mol. The van der Waals surface area contributed by atoms with E-state index in [-0.39, 0.29) is 5.56 Å². The van der Waals surface area contributed by atoms with Crippen LogP contribution in [0, 0.1) is 0 Å². The Hall–Kier alpha value is -1.16. The molecule has 0 fully saturated rings. The standard InChI is InChI=1S/C12H21N3O/c1-4-6-13-8-10-7-11(16)15-12(14-10)9(3)5-2/h7,9,13H,4-6,8H2,1-3H3,(H,14,15,16). The van der Waals surface area contributed by atoms with Crippen LogP contribution < -0.4 is 10.9 Å². The van der Waals surface area contributed by atoms with E-state index >= 15 is 0 Å². The van der Waals surface area contributed by atoms with Crippen LogP contribution in [0.5, 0.6) is 0 Å². The van der Waals surface area contributed by atoms with Gasteiger partial charge in [0.25, 0.3) is 5.56 Å². The quantitative estimate of drug-likeness (QED) is 0.723. The fourth-order valence-corrected chi connectivity index (χ4v) is 1.44. The maximum absolute atomic E-state index is 11.4. The van der Waals surface area contributed by atoms with Crippen molar-refractivity contribution in [1.82, 2.24) is 15.3 Å². The smallest absolute Gasteiger partial charge is 0.251 e. The largest absolute Gasteiger partial charge is 0.311 e. The van der Waals surface area contributed by atoms with Crippen molar-refractivity contribution in [3.05, 3.63) is 27.9 Å². The van der Waals surface area contributed by atoms with Crippen molar-refractivity contribution in [2.45, 2.75) is 46.1 Å². The lowest BCUT2D eigenvalue weighted by Crippen LogP contribution is -2.20. The SMILES string of the molecule is CCCNCc1cc(=O)[nH]c(C(C)CC)n1. The van der Waals surface area contributed by atoms with E-state index in [1.165, 1.54) is 0 Å². The first-order valence-corrected chi connectivity index (χ1v) is 5.98. The van der Waals surface area contributed by atoms with E-state index < -0.39 is 0 Å². The number of aromatic amines is 1. The fourth-order valence-electron chi connectivity index (χ4n) is 1.44. The summed E-state index contributed by atoms with van der Waals surface area (Å²) < 4.78 is 0. The molecule has 4 nitrogen and oxygen atoms in total. The van der Waals surface area contributed by atoms with Gasteiger partial charge in [0, 0.05) is 18.5 Å². The van der Waals surface area contributed by atoms with Crippen molar-refractivity contribution in [2.24, 2.45) is 0 Å². The molecule has 1 atom stereocenters. The Kier molecular flexibility index (Phi) is 5.19. The van der Waals surface area contributed by atoms with Gasteiger partial charge in [-0.25, -0.2) is 4.98 Å². The van der Waals surface area contributed by atoms with Crippen molar-refractivity contribution in [3.8, 4) is 0 Å². The molecular formula is C12H21N3O. The zero-order valence-corrected chi connectivity index (χ0v) is 10.3. The monoisotopic (exact) mass is 223 g/mol. The molecule has 0 saturated carbocycles. The molecule has 1 aromatic heterocycles. The van der Waals surface area contributed by atoms with E-state index in [0.717, 1.165) is 30.9 Å². The first kappa shape index (κ1) is 12.9. The molecule has 16 heavy (non-hydrogen) atoms. The minimum Gasteiger partial charge on any atom is -0.311 e. The van der Waals surface area contributed by atoms with E-state index in [4.69, 9.17) is 0 Å². The molecule has 0 saturated heterocycles. The van der Waals surface area contributed by atoms with Crippen LogP contribution in [-0.4, -0.2) is 16.5 Å². The highest BCUT2D eigenvalue weighted by atomic mass is 16.1. The molecule has 0 aliphatic rings. The molecule has 1 rings (SSSR count). The molecule has 0 amide bonds. The van der Waals surface area contributed by atoms with E-state index in [1.54, 1.807) is 6.07 Å². The summed E-state index contributed by atoms with van der Waals surface area (Å²) in [6.07, 6.45) is 2.07. The van der Waals surface area contributed by atoms with Crippen LogP contribution in [-0.2, 0) is 6.54 Å². The highest BCUT2D eigenvalue weighted by Crippen LogP contribution is 2.12. The number of nitrogens with zero attached hydrogens (tertiary/aromatic N) is 1. The maximum Gasteiger partial charge on any atom is 0.251 e. The van der Waals surface area contributed by atoms with E-state index in [1.807, 2.05) is 0 Å². The van der Waals surface area contributed by atoms with E-state index in [9.17, 15) is 4.79 Å². The van der Waals surface area contributed by atoms with Gasteiger partial charge >= 0.3 is 0 Å². The minimum atomic E-state index is -0.0569. The van der Waals surface area contributed by atoms with Gasteiger partial charge in [-0.05, 0) is 19.4 Å². The summed E-state index contributed by atoms with van der Waals surface area (Å²) in [5, 5.41) is 3.25. The Balaban J connectivity index is 2.77. The Bertz CT molecular complexity index is 373. The fraction of sp³-hybridized carbons (Fsp3) is 0.667. The van der Waals surface area contributed by atoms with Crippen molar-refractivity contribution in [2.75, 3.05) is 6.54 Å². The van der Waals surface area contributed by atoms with Gasteiger partial charge in [-0.15, -0.1) is 0 Å². The molecule has 0 spiro atoms. The Morgan fingerprint density at radius 2 is 2.25 bits per heavy atom. The normalized spacial score (nSPS) is 12.7. The third kappa shape index (κ3) is 3.77. The maximum atomic E-state index is 11.4. The van der Waals surface area contributed by atoms with E-state index in [0.29, 0.717) is 12.5 Å². The highest BCUT2D eigenvalue weighted by molar-refractivity contribution is 5.05. The zero-order chi connectivity index (χ0) is 12.0. The van der Waals surface area contributed by atoms with Crippen LogP contribution in [0.2, 0.25) is 0 Å². The van der Waals surface area contributed by atoms with Gasteiger partial charge in [0.15, 0.2) is 0 Å². The van der Waals surface area contributed by atoms with Crippen molar-refractivity contribution >= 4 is 0 Å².